The SMILES string of the molecule is N#Cc1cc(C=O)ccc1Oc1cc(F)c(Cl)cc1Br. The van der Waals surface area contributed by atoms with Gasteiger partial charge in [-0.1, -0.05) is 11.6 Å². The number of aldehydes is 1. The van der Waals surface area contributed by atoms with Crippen LogP contribution in [0.25, 0.3) is 0 Å². The van der Waals surface area contributed by atoms with E-state index in [1.165, 1.54) is 24.3 Å². The Morgan fingerprint density at radius 3 is 2.70 bits per heavy atom. The van der Waals surface area contributed by atoms with E-state index in [1.54, 1.807) is 0 Å². The molecule has 2 rings (SSSR count). The Bertz CT molecular complexity index is 728. The van der Waals surface area contributed by atoms with E-state index in [1.807, 2.05) is 6.07 Å². The lowest BCUT2D eigenvalue weighted by molar-refractivity contribution is 0.112. The number of ether oxygens (including phenoxy) is 1. The summed E-state index contributed by atoms with van der Waals surface area (Å²) in [4.78, 5) is 10.7. The smallest absolute Gasteiger partial charge is 0.150 e. The Morgan fingerprint density at radius 2 is 2.05 bits per heavy atom. The van der Waals surface area contributed by atoms with Crippen molar-refractivity contribution in [3.8, 4) is 17.6 Å². The molecule has 0 radical (unpaired) electrons. The van der Waals surface area contributed by atoms with Crippen molar-refractivity contribution in [2.24, 2.45) is 0 Å². The molecule has 2 aromatic carbocycles. The largest absolute Gasteiger partial charge is 0.455 e. The Kier molecular flexibility index (Phi) is 4.38. The lowest BCUT2D eigenvalue weighted by atomic mass is 10.1. The van der Waals surface area contributed by atoms with E-state index in [9.17, 15) is 9.18 Å². The molecule has 0 heterocycles. The lowest BCUT2D eigenvalue weighted by Crippen LogP contribution is -1.92. The minimum absolute atomic E-state index is 0.0407. The molecule has 0 bridgehead atoms. The molecule has 2 aromatic rings. The molecule has 0 fully saturated rings. The van der Waals surface area contributed by atoms with Crippen molar-refractivity contribution in [1.29, 1.82) is 5.26 Å². The van der Waals surface area contributed by atoms with Crippen LogP contribution in [-0.2, 0) is 0 Å². The Hall–Kier alpha value is -1.90. The van der Waals surface area contributed by atoms with E-state index in [-0.39, 0.29) is 22.1 Å². The fraction of sp³-hybridized carbons (Fsp3) is 0. The van der Waals surface area contributed by atoms with Gasteiger partial charge in [0, 0.05) is 11.6 Å². The minimum Gasteiger partial charge on any atom is -0.455 e. The van der Waals surface area contributed by atoms with Gasteiger partial charge < -0.3 is 4.74 Å². The van der Waals surface area contributed by atoms with Gasteiger partial charge in [0.25, 0.3) is 0 Å². The number of carbonyl (C=O) groups is 1. The lowest BCUT2D eigenvalue weighted by Gasteiger charge is -2.10. The highest BCUT2D eigenvalue weighted by Crippen LogP contribution is 2.34. The maximum absolute atomic E-state index is 13.4. The van der Waals surface area contributed by atoms with E-state index in [0.717, 1.165) is 6.07 Å². The minimum atomic E-state index is -0.632. The number of nitrogens with zero attached hydrogens (tertiary/aromatic N) is 1. The molecule has 6 heteroatoms. The van der Waals surface area contributed by atoms with Gasteiger partial charge in [-0.05, 0) is 40.2 Å². The van der Waals surface area contributed by atoms with E-state index < -0.39 is 5.82 Å². The third kappa shape index (κ3) is 2.98. The van der Waals surface area contributed by atoms with Gasteiger partial charge in [0.15, 0.2) is 0 Å². The second-order valence-electron chi connectivity index (χ2n) is 3.78. The Balaban J connectivity index is 2.43. The normalized spacial score (nSPS) is 9.90. The van der Waals surface area contributed by atoms with Gasteiger partial charge in [-0.25, -0.2) is 4.39 Å². The number of hydrogen-bond donors (Lipinski definition) is 0. The van der Waals surface area contributed by atoms with Crippen LogP contribution in [0.5, 0.6) is 11.5 Å². The van der Waals surface area contributed by atoms with Crippen molar-refractivity contribution < 1.29 is 13.9 Å². The molecule has 0 aromatic heterocycles. The van der Waals surface area contributed by atoms with Crippen LogP contribution in [0.2, 0.25) is 5.02 Å². The van der Waals surface area contributed by atoms with Crippen molar-refractivity contribution in [1.82, 2.24) is 0 Å². The van der Waals surface area contributed by atoms with E-state index in [4.69, 9.17) is 21.6 Å². The highest BCUT2D eigenvalue weighted by atomic mass is 79.9. The van der Waals surface area contributed by atoms with Crippen LogP contribution < -0.4 is 4.74 Å². The first-order valence-corrected chi connectivity index (χ1v) is 6.54. The van der Waals surface area contributed by atoms with Gasteiger partial charge in [0.05, 0.1) is 15.1 Å². The molecule has 0 aliphatic carbocycles. The molecule has 0 amide bonds. The maximum atomic E-state index is 13.4. The summed E-state index contributed by atoms with van der Waals surface area (Å²) in [6.45, 7) is 0. The van der Waals surface area contributed by atoms with Crippen LogP contribution in [0.4, 0.5) is 4.39 Å². The molecular weight excluding hydrogens is 349 g/mol. The predicted molar refractivity (Wildman–Crippen MR) is 75.7 cm³/mol. The molecule has 0 saturated carbocycles. The summed E-state index contributed by atoms with van der Waals surface area (Å²) < 4.78 is 19.4. The average molecular weight is 355 g/mol. The molecule has 0 aliphatic heterocycles. The average Bonchev–Trinajstić information content (AvgIpc) is 2.45. The highest BCUT2D eigenvalue weighted by Gasteiger charge is 2.11. The summed E-state index contributed by atoms with van der Waals surface area (Å²) in [5, 5.41) is 8.99. The first-order valence-electron chi connectivity index (χ1n) is 5.37. The number of benzene rings is 2. The van der Waals surface area contributed by atoms with Gasteiger partial charge >= 0.3 is 0 Å². The van der Waals surface area contributed by atoms with E-state index in [0.29, 0.717) is 16.3 Å². The van der Waals surface area contributed by atoms with Crippen LogP contribution >= 0.6 is 27.5 Å². The van der Waals surface area contributed by atoms with Crippen molar-refractivity contribution >= 4 is 33.8 Å². The molecule has 0 spiro atoms. The molecule has 3 nitrogen and oxygen atoms in total. The summed E-state index contributed by atoms with van der Waals surface area (Å²) in [7, 11) is 0. The van der Waals surface area contributed by atoms with Crippen LogP contribution in [0.15, 0.2) is 34.8 Å². The second kappa shape index (κ2) is 6.04. The quantitative estimate of drug-likeness (QED) is 0.592. The first-order chi connectivity index (χ1) is 9.55. The van der Waals surface area contributed by atoms with E-state index in [2.05, 4.69) is 15.9 Å². The maximum Gasteiger partial charge on any atom is 0.150 e. The molecule has 0 unspecified atom stereocenters. The van der Waals surface area contributed by atoms with Crippen molar-refractivity contribution in [3.63, 3.8) is 0 Å². The van der Waals surface area contributed by atoms with Crippen LogP contribution in [-0.4, -0.2) is 6.29 Å². The Labute approximate surface area is 127 Å². The predicted octanol–water partition coefficient (Wildman–Crippen LogP) is 4.72. The summed E-state index contributed by atoms with van der Waals surface area (Å²) in [6, 6.07) is 8.76. The third-order valence-corrected chi connectivity index (χ3v) is 3.36. The topological polar surface area (TPSA) is 50.1 Å². The summed E-state index contributed by atoms with van der Waals surface area (Å²) >= 11 is 8.83. The molecule has 0 atom stereocenters. The fourth-order valence-electron chi connectivity index (χ4n) is 1.50. The van der Waals surface area contributed by atoms with Crippen molar-refractivity contribution in [2.75, 3.05) is 0 Å². The zero-order chi connectivity index (χ0) is 14.7. The van der Waals surface area contributed by atoms with Gasteiger partial charge in [0.1, 0.15) is 29.7 Å². The monoisotopic (exact) mass is 353 g/mol. The van der Waals surface area contributed by atoms with Gasteiger partial charge in [-0.15, -0.1) is 0 Å². The number of halogens is 3. The molecule has 20 heavy (non-hydrogen) atoms. The van der Waals surface area contributed by atoms with Crippen molar-refractivity contribution in [2.45, 2.75) is 0 Å². The molecule has 0 saturated heterocycles. The third-order valence-electron chi connectivity index (χ3n) is 2.45. The first kappa shape index (κ1) is 14.5. The zero-order valence-corrected chi connectivity index (χ0v) is 12.2. The van der Waals surface area contributed by atoms with Gasteiger partial charge in [0.2, 0.25) is 0 Å². The standard InChI is InChI=1S/C14H6BrClFNO2/c15-10-4-11(16)12(17)5-14(10)20-13-2-1-8(7-19)3-9(13)6-18/h1-5,7H. The number of rotatable bonds is 3. The van der Waals surface area contributed by atoms with Crippen molar-refractivity contribution in [3.05, 3.63) is 56.8 Å². The molecular formula is C14H6BrClFNO2. The molecule has 100 valence electrons. The summed E-state index contributed by atoms with van der Waals surface area (Å²) in [5.41, 5.74) is 0.534. The van der Waals surface area contributed by atoms with Gasteiger partial charge in [-0.2, -0.15) is 5.26 Å². The van der Waals surface area contributed by atoms with Gasteiger partial charge in [-0.3, -0.25) is 4.79 Å². The molecule has 0 N–H and O–H groups in total. The van der Waals surface area contributed by atoms with Crippen LogP contribution in [0, 0.1) is 17.1 Å². The summed E-state index contributed by atoms with van der Waals surface area (Å²) in [5.74, 6) is -0.226. The molecule has 0 aliphatic rings. The number of carbonyl (C=O) groups excluding carboxylic acids is 1. The van der Waals surface area contributed by atoms with Crippen LogP contribution in [0.3, 0.4) is 0 Å². The fourth-order valence-corrected chi connectivity index (χ4v) is 2.22. The second-order valence-corrected chi connectivity index (χ2v) is 5.05. The highest BCUT2D eigenvalue weighted by molar-refractivity contribution is 9.10. The Morgan fingerprint density at radius 1 is 1.30 bits per heavy atom. The number of nitriles is 1. The summed E-state index contributed by atoms with van der Waals surface area (Å²) in [6.07, 6.45) is 0.627. The zero-order valence-electron chi connectivity index (χ0n) is 9.86. The van der Waals surface area contributed by atoms with E-state index >= 15 is 0 Å². The van der Waals surface area contributed by atoms with Crippen LogP contribution in [0.1, 0.15) is 15.9 Å². The number of hydrogen-bond acceptors (Lipinski definition) is 3.